The standard InChI is InChI=1S/C37H31N/c1-29-19-27-35(28-20-29)38-37-18-9-8-16-34(37)26-25-31-23-21-30(22-24-31)11-10-17-36(32-12-4-2-5-13-32)33-14-6-3-7-15-33/h2-28,38H,1H3. The van der Waals surface area contributed by atoms with Crippen LogP contribution < -0.4 is 5.32 Å². The van der Waals surface area contributed by atoms with Gasteiger partial charge in [-0.3, -0.25) is 0 Å². The highest BCUT2D eigenvalue weighted by Gasteiger charge is 2.03. The molecule has 5 rings (SSSR count). The fourth-order valence-corrected chi connectivity index (χ4v) is 4.30. The summed E-state index contributed by atoms with van der Waals surface area (Å²) in [6.07, 6.45) is 10.8. The molecule has 1 nitrogen and oxygen atoms in total. The number of allylic oxidation sites excluding steroid dienone is 2. The lowest BCUT2D eigenvalue weighted by Gasteiger charge is -2.10. The van der Waals surface area contributed by atoms with Gasteiger partial charge in [0.25, 0.3) is 0 Å². The number of hydrogen-bond donors (Lipinski definition) is 1. The first-order valence-corrected chi connectivity index (χ1v) is 12.9. The van der Waals surface area contributed by atoms with Crippen LogP contribution in [0, 0.1) is 6.92 Å². The normalized spacial score (nSPS) is 11.1. The fraction of sp³-hybridized carbons (Fsp3) is 0.0270. The van der Waals surface area contributed by atoms with Crippen molar-refractivity contribution < 1.29 is 0 Å². The molecular weight excluding hydrogens is 458 g/mol. The zero-order chi connectivity index (χ0) is 26.0. The smallest absolute Gasteiger partial charge is 0.0457 e. The van der Waals surface area contributed by atoms with Crippen molar-refractivity contribution >= 4 is 35.2 Å². The van der Waals surface area contributed by atoms with Crippen molar-refractivity contribution in [2.75, 3.05) is 5.32 Å². The molecule has 0 aliphatic rings. The van der Waals surface area contributed by atoms with Gasteiger partial charge in [0, 0.05) is 11.4 Å². The molecule has 0 unspecified atom stereocenters. The zero-order valence-electron chi connectivity index (χ0n) is 21.6. The molecule has 5 aromatic rings. The van der Waals surface area contributed by atoms with Crippen molar-refractivity contribution in [3.05, 3.63) is 179 Å². The van der Waals surface area contributed by atoms with Crippen LogP contribution in [-0.4, -0.2) is 0 Å². The molecule has 184 valence electrons. The molecule has 0 saturated carbocycles. The number of benzene rings is 5. The highest BCUT2D eigenvalue weighted by molar-refractivity contribution is 5.82. The van der Waals surface area contributed by atoms with Crippen LogP contribution in [0.5, 0.6) is 0 Å². The van der Waals surface area contributed by atoms with Crippen molar-refractivity contribution in [2.24, 2.45) is 0 Å². The summed E-state index contributed by atoms with van der Waals surface area (Å²) in [5.41, 5.74) is 10.5. The number of rotatable bonds is 8. The van der Waals surface area contributed by atoms with E-state index in [0.717, 1.165) is 22.5 Å². The van der Waals surface area contributed by atoms with Gasteiger partial charge in [-0.2, -0.15) is 0 Å². The van der Waals surface area contributed by atoms with E-state index in [1.165, 1.54) is 27.8 Å². The predicted octanol–water partition coefficient (Wildman–Crippen LogP) is 10.1. The first-order chi connectivity index (χ1) is 18.7. The van der Waals surface area contributed by atoms with Gasteiger partial charge < -0.3 is 5.32 Å². The summed E-state index contributed by atoms with van der Waals surface area (Å²) in [6.45, 7) is 2.10. The van der Waals surface area contributed by atoms with Gasteiger partial charge in [0.05, 0.1) is 0 Å². The Bertz CT molecular complexity index is 1500. The van der Waals surface area contributed by atoms with E-state index in [-0.39, 0.29) is 0 Å². The molecule has 1 N–H and O–H groups in total. The highest BCUT2D eigenvalue weighted by Crippen LogP contribution is 2.25. The quantitative estimate of drug-likeness (QED) is 0.169. The lowest BCUT2D eigenvalue weighted by molar-refractivity contribution is 1.45. The molecular formula is C37H31N. The Balaban J connectivity index is 1.30. The average molecular weight is 490 g/mol. The van der Waals surface area contributed by atoms with Crippen molar-refractivity contribution in [1.82, 2.24) is 0 Å². The third-order valence-corrected chi connectivity index (χ3v) is 6.40. The number of hydrogen-bond acceptors (Lipinski definition) is 1. The van der Waals surface area contributed by atoms with Gasteiger partial charge >= 0.3 is 0 Å². The van der Waals surface area contributed by atoms with Crippen LogP contribution in [0.4, 0.5) is 11.4 Å². The molecule has 0 aliphatic carbocycles. The Morgan fingerprint density at radius 1 is 0.526 bits per heavy atom. The van der Waals surface area contributed by atoms with Crippen molar-refractivity contribution in [1.29, 1.82) is 0 Å². The second-order valence-electron chi connectivity index (χ2n) is 9.25. The average Bonchev–Trinajstić information content (AvgIpc) is 2.98. The van der Waals surface area contributed by atoms with E-state index in [4.69, 9.17) is 0 Å². The predicted molar refractivity (Wildman–Crippen MR) is 165 cm³/mol. The van der Waals surface area contributed by atoms with Gasteiger partial charge in [-0.15, -0.1) is 0 Å². The van der Waals surface area contributed by atoms with E-state index < -0.39 is 0 Å². The second kappa shape index (κ2) is 12.4. The Labute approximate surface area is 226 Å². The minimum atomic E-state index is 1.09. The molecule has 0 saturated heterocycles. The minimum absolute atomic E-state index is 1.09. The maximum atomic E-state index is 3.54. The summed E-state index contributed by atoms with van der Waals surface area (Å²) in [6, 6.07) is 46.5. The van der Waals surface area contributed by atoms with E-state index >= 15 is 0 Å². The van der Waals surface area contributed by atoms with Gasteiger partial charge in [0.15, 0.2) is 0 Å². The SMILES string of the molecule is Cc1ccc(Nc2ccccc2C=Cc2ccc(C=CC=C(c3ccccc3)c3ccccc3)cc2)cc1. The Morgan fingerprint density at radius 3 is 1.71 bits per heavy atom. The summed E-state index contributed by atoms with van der Waals surface area (Å²) < 4.78 is 0. The van der Waals surface area contributed by atoms with Crippen LogP contribution in [0.1, 0.15) is 33.4 Å². The van der Waals surface area contributed by atoms with E-state index in [1.807, 2.05) is 0 Å². The zero-order valence-corrected chi connectivity index (χ0v) is 21.6. The molecule has 5 aromatic carbocycles. The molecule has 1 heteroatoms. The van der Waals surface area contributed by atoms with E-state index in [1.54, 1.807) is 0 Å². The third kappa shape index (κ3) is 6.66. The van der Waals surface area contributed by atoms with Crippen molar-refractivity contribution in [2.45, 2.75) is 6.92 Å². The van der Waals surface area contributed by atoms with Crippen LogP contribution in [0.2, 0.25) is 0 Å². The fourth-order valence-electron chi connectivity index (χ4n) is 4.30. The largest absolute Gasteiger partial charge is 0.355 e. The summed E-state index contributed by atoms with van der Waals surface area (Å²) in [5.74, 6) is 0. The van der Waals surface area contributed by atoms with Crippen LogP contribution >= 0.6 is 0 Å². The molecule has 0 radical (unpaired) electrons. The van der Waals surface area contributed by atoms with E-state index in [2.05, 4.69) is 176 Å². The Hall–Kier alpha value is -4.88. The lowest BCUT2D eigenvalue weighted by atomic mass is 9.97. The first-order valence-electron chi connectivity index (χ1n) is 12.9. The van der Waals surface area contributed by atoms with Crippen LogP contribution in [0.25, 0.3) is 23.8 Å². The molecule has 0 aromatic heterocycles. The van der Waals surface area contributed by atoms with Gasteiger partial charge in [0.2, 0.25) is 0 Å². The molecule has 38 heavy (non-hydrogen) atoms. The van der Waals surface area contributed by atoms with Crippen LogP contribution in [-0.2, 0) is 0 Å². The van der Waals surface area contributed by atoms with Gasteiger partial charge in [-0.1, -0.05) is 151 Å². The van der Waals surface area contributed by atoms with Crippen molar-refractivity contribution in [3.63, 3.8) is 0 Å². The number of aryl methyl sites for hydroxylation is 1. The molecule has 0 heterocycles. The van der Waals surface area contributed by atoms with Crippen molar-refractivity contribution in [3.8, 4) is 0 Å². The summed E-state index contributed by atoms with van der Waals surface area (Å²) in [5, 5.41) is 3.54. The van der Waals surface area contributed by atoms with Crippen LogP contribution in [0.15, 0.2) is 146 Å². The molecule has 0 spiro atoms. The first kappa shape index (κ1) is 24.8. The molecule has 0 bridgehead atoms. The third-order valence-electron chi connectivity index (χ3n) is 6.40. The summed E-state index contributed by atoms with van der Waals surface area (Å²) in [7, 11) is 0. The van der Waals surface area contributed by atoms with E-state index in [9.17, 15) is 0 Å². The molecule has 0 aliphatic heterocycles. The Kier molecular flexibility index (Phi) is 8.08. The monoisotopic (exact) mass is 489 g/mol. The van der Waals surface area contributed by atoms with Gasteiger partial charge in [-0.05, 0) is 58.5 Å². The van der Waals surface area contributed by atoms with Gasteiger partial charge in [0.1, 0.15) is 0 Å². The van der Waals surface area contributed by atoms with E-state index in [0.29, 0.717) is 0 Å². The highest BCUT2D eigenvalue weighted by atomic mass is 14.9. The summed E-state index contributed by atoms with van der Waals surface area (Å²) in [4.78, 5) is 0. The molecule has 0 atom stereocenters. The lowest BCUT2D eigenvalue weighted by Crippen LogP contribution is -1.92. The maximum Gasteiger partial charge on any atom is 0.0457 e. The number of para-hydroxylation sites is 1. The topological polar surface area (TPSA) is 12.0 Å². The molecule has 0 fully saturated rings. The molecule has 0 amide bonds. The number of nitrogens with one attached hydrogen (secondary N) is 1. The number of anilines is 2. The van der Waals surface area contributed by atoms with Crippen LogP contribution in [0.3, 0.4) is 0 Å². The maximum absolute atomic E-state index is 3.54. The minimum Gasteiger partial charge on any atom is -0.355 e. The Morgan fingerprint density at radius 2 is 1.08 bits per heavy atom. The van der Waals surface area contributed by atoms with Gasteiger partial charge in [-0.25, -0.2) is 0 Å². The second-order valence-corrected chi connectivity index (χ2v) is 9.25. The summed E-state index contributed by atoms with van der Waals surface area (Å²) >= 11 is 0.